The number of benzene rings is 2. The summed E-state index contributed by atoms with van der Waals surface area (Å²) < 4.78 is 117. The van der Waals surface area contributed by atoms with Crippen LogP contribution in [0.1, 0.15) is 62.5 Å². The fourth-order valence-electron chi connectivity index (χ4n) is 4.86. The van der Waals surface area contributed by atoms with E-state index in [0.717, 1.165) is 38.5 Å². The molecule has 2 nitrogen and oxygen atoms in total. The standard InChI is InChI=1S/C27H23F8NO/c1-2-3-14-4-6-15(7-5-14)17-10-23(32)26(36-13-17)16-8-19(28)24(20(29)9-16)27(34,35)37-18-11-21(30)25(33)22(31)12-18/h8-15H,2-7H2,1H3. The zero-order chi connectivity index (χ0) is 26.9. The van der Waals surface area contributed by atoms with E-state index in [1.54, 1.807) is 0 Å². The first-order chi connectivity index (χ1) is 17.5. The van der Waals surface area contributed by atoms with Crippen LogP contribution in [0.4, 0.5) is 35.1 Å². The molecule has 1 fully saturated rings. The molecule has 1 aromatic heterocycles. The predicted octanol–water partition coefficient (Wildman–Crippen LogP) is 8.79. The van der Waals surface area contributed by atoms with Crippen molar-refractivity contribution in [2.45, 2.75) is 57.5 Å². The average Bonchev–Trinajstić information content (AvgIpc) is 2.82. The van der Waals surface area contributed by atoms with Crippen molar-refractivity contribution in [2.75, 3.05) is 0 Å². The highest BCUT2D eigenvalue weighted by Gasteiger charge is 2.41. The second-order valence-corrected chi connectivity index (χ2v) is 9.24. The molecule has 0 bridgehead atoms. The molecule has 10 heteroatoms. The third-order valence-electron chi connectivity index (χ3n) is 6.69. The van der Waals surface area contributed by atoms with Gasteiger partial charge in [-0.1, -0.05) is 19.8 Å². The van der Waals surface area contributed by atoms with Gasteiger partial charge in [0.1, 0.15) is 34.5 Å². The van der Waals surface area contributed by atoms with E-state index >= 15 is 0 Å². The Morgan fingerprint density at radius 3 is 1.95 bits per heavy atom. The molecule has 0 spiro atoms. The summed E-state index contributed by atoms with van der Waals surface area (Å²) in [7, 11) is 0. The van der Waals surface area contributed by atoms with E-state index in [1.165, 1.54) is 12.3 Å². The summed E-state index contributed by atoms with van der Waals surface area (Å²) in [5.74, 6) is -10.5. The number of aromatic nitrogens is 1. The Balaban J connectivity index is 1.57. The van der Waals surface area contributed by atoms with E-state index in [2.05, 4.69) is 16.6 Å². The summed E-state index contributed by atoms with van der Waals surface area (Å²) in [6, 6.07) is 2.37. The van der Waals surface area contributed by atoms with E-state index in [0.29, 0.717) is 23.6 Å². The number of pyridine rings is 1. The molecule has 0 N–H and O–H groups in total. The van der Waals surface area contributed by atoms with Crippen LogP contribution in [0.2, 0.25) is 0 Å². The second-order valence-electron chi connectivity index (χ2n) is 9.24. The molecule has 0 atom stereocenters. The zero-order valence-electron chi connectivity index (χ0n) is 19.7. The van der Waals surface area contributed by atoms with Gasteiger partial charge in [-0.2, -0.15) is 8.78 Å². The van der Waals surface area contributed by atoms with E-state index in [1.807, 2.05) is 0 Å². The lowest BCUT2D eigenvalue weighted by atomic mass is 9.77. The lowest BCUT2D eigenvalue weighted by Crippen LogP contribution is -2.25. The Kier molecular flexibility index (Phi) is 7.75. The van der Waals surface area contributed by atoms with Crippen LogP contribution < -0.4 is 4.74 Å². The molecule has 0 amide bonds. The molecule has 1 saturated carbocycles. The molecular weight excluding hydrogens is 506 g/mol. The lowest BCUT2D eigenvalue weighted by molar-refractivity contribution is -0.189. The number of ether oxygens (including phenoxy) is 1. The second kappa shape index (κ2) is 10.7. The first kappa shape index (κ1) is 26.9. The Morgan fingerprint density at radius 2 is 1.41 bits per heavy atom. The highest BCUT2D eigenvalue weighted by atomic mass is 19.3. The fraction of sp³-hybridized carbons (Fsp3) is 0.370. The molecule has 0 aliphatic heterocycles. The topological polar surface area (TPSA) is 22.1 Å². The summed E-state index contributed by atoms with van der Waals surface area (Å²) in [4.78, 5) is 4.00. The van der Waals surface area contributed by atoms with Crippen molar-refractivity contribution >= 4 is 0 Å². The molecule has 3 aromatic rings. The van der Waals surface area contributed by atoms with Gasteiger partial charge in [0.15, 0.2) is 17.5 Å². The highest BCUT2D eigenvalue weighted by Crippen LogP contribution is 2.40. The molecule has 1 aliphatic rings. The van der Waals surface area contributed by atoms with Crippen LogP contribution in [0.15, 0.2) is 36.5 Å². The van der Waals surface area contributed by atoms with Gasteiger partial charge in [-0.05, 0) is 61.3 Å². The fourth-order valence-corrected chi connectivity index (χ4v) is 4.86. The molecule has 37 heavy (non-hydrogen) atoms. The third-order valence-corrected chi connectivity index (χ3v) is 6.69. The molecule has 0 radical (unpaired) electrons. The summed E-state index contributed by atoms with van der Waals surface area (Å²) >= 11 is 0. The van der Waals surface area contributed by atoms with Crippen LogP contribution in [-0.2, 0) is 6.11 Å². The lowest BCUT2D eigenvalue weighted by Gasteiger charge is -2.28. The largest absolute Gasteiger partial charge is 0.432 e. The van der Waals surface area contributed by atoms with Crippen LogP contribution in [0.3, 0.4) is 0 Å². The highest BCUT2D eigenvalue weighted by molar-refractivity contribution is 5.61. The number of alkyl halides is 2. The van der Waals surface area contributed by atoms with Gasteiger partial charge < -0.3 is 4.74 Å². The molecule has 1 heterocycles. The molecule has 198 valence electrons. The Bertz CT molecular complexity index is 1240. The van der Waals surface area contributed by atoms with Crippen molar-refractivity contribution in [3.05, 3.63) is 82.6 Å². The Hall–Kier alpha value is -3.17. The minimum atomic E-state index is -4.74. The zero-order valence-corrected chi connectivity index (χ0v) is 19.7. The van der Waals surface area contributed by atoms with Gasteiger partial charge in [0, 0.05) is 23.9 Å². The number of hydrogen-bond acceptors (Lipinski definition) is 2. The first-order valence-electron chi connectivity index (χ1n) is 11.9. The van der Waals surface area contributed by atoms with Crippen molar-refractivity contribution in [3.8, 4) is 17.0 Å². The van der Waals surface area contributed by atoms with Crippen LogP contribution >= 0.6 is 0 Å². The number of hydrogen-bond donors (Lipinski definition) is 0. The van der Waals surface area contributed by atoms with Crippen LogP contribution in [0, 0.1) is 40.8 Å². The van der Waals surface area contributed by atoms with Crippen molar-refractivity contribution in [1.29, 1.82) is 0 Å². The maximum Gasteiger partial charge on any atom is 0.432 e. The molecule has 2 aromatic carbocycles. The predicted molar refractivity (Wildman–Crippen MR) is 120 cm³/mol. The third kappa shape index (κ3) is 5.72. The summed E-state index contributed by atoms with van der Waals surface area (Å²) in [5, 5.41) is 0. The Morgan fingerprint density at radius 1 is 0.811 bits per heavy atom. The van der Waals surface area contributed by atoms with Crippen LogP contribution in [0.25, 0.3) is 11.3 Å². The van der Waals surface area contributed by atoms with Gasteiger partial charge in [0.05, 0.1) is 0 Å². The van der Waals surface area contributed by atoms with E-state index in [9.17, 15) is 35.1 Å². The first-order valence-corrected chi connectivity index (χ1v) is 11.9. The number of halogens is 8. The molecule has 0 unspecified atom stereocenters. The van der Waals surface area contributed by atoms with Gasteiger partial charge in [0.25, 0.3) is 0 Å². The normalized spacial score (nSPS) is 18.2. The summed E-state index contributed by atoms with van der Waals surface area (Å²) in [6.45, 7) is 2.13. The van der Waals surface area contributed by atoms with Crippen LogP contribution in [0.5, 0.6) is 5.75 Å². The molecule has 4 rings (SSSR count). The van der Waals surface area contributed by atoms with Crippen molar-refractivity contribution < 1.29 is 39.9 Å². The summed E-state index contributed by atoms with van der Waals surface area (Å²) in [6.07, 6.45) is 2.72. The van der Waals surface area contributed by atoms with E-state index in [-0.39, 0.29) is 18.1 Å². The minimum absolute atomic E-state index is 0.105. The van der Waals surface area contributed by atoms with E-state index < -0.39 is 63.6 Å². The molecular formula is C27H23F8NO. The smallest absolute Gasteiger partial charge is 0.429 e. The number of rotatable bonds is 7. The van der Waals surface area contributed by atoms with Crippen molar-refractivity contribution in [3.63, 3.8) is 0 Å². The minimum Gasteiger partial charge on any atom is -0.429 e. The summed E-state index contributed by atoms with van der Waals surface area (Å²) in [5.41, 5.74) is -2.07. The average molecular weight is 529 g/mol. The monoisotopic (exact) mass is 529 g/mol. The maximum absolute atomic E-state index is 14.9. The van der Waals surface area contributed by atoms with Gasteiger partial charge in [-0.25, -0.2) is 26.3 Å². The quantitative estimate of drug-likeness (QED) is 0.225. The van der Waals surface area contributed by atoms with Gasteiger partial charge >= 0.3 is 6.11 Å². The van der Waals surface area contributed by atoms with Crippen molar-refractivity contribution in [1.82, 2.24) is 4.98 Å². The van der Waals surface area contributed by atoms with Crippen molar-refractivity contribution in [2.24, 2.45) is 5.92 Å². The molecule has 1 aliphatic carbocycles. The van der Waals surface area contributed by atoms with E-state index in [4.69, 9.17) is 0 Å². The number of nitrogens with zero attached hydrogens (tertiary/aromatic N) is 1. The molecule has 0 saturated heterocycles. The van der Waals surface area contributed by atoms with Crippen LogP contribution in [-0.4, -0.2) is 4.98 Å². The SMILES string of the molecule is CCCC1CCC(c2cnc(-c3cc(F)c(C(F)(F)Oc4cc(F)c(F)c(F)c4)c(F)c3)c(F)c2)CC1. The van der Waals surface area contributed by atoms with Gasteiger partial charge in [-0.3, -0.25) is 4.98 Å². The van der Waals surface area contributed by atoms with Gasteiger partial charge in [-0.15, -0.1) is 0 Å². The Labute approximate surface area is 208 Å². The van der Waals surface area contributed by atoms with Gasteiger partial charge in [0.2, 0.25) is 0 Å². The maximum atomic E-state index is 14.9.